The molecule has 1 heterocycles. The van der Waals surface area contributed by atoms with Crippen molar-refractivity contribution in [1.29, 1.82) is 0 Å². The number of para-hydroxylation sites is 1. The summed E-state index contributed by atoms with van der Waals surface area (Å²) in [5.41, 5.74) is 0. The molecule has 98 valence electrons. The first-order valence-corrected chi connectivity index (χ1v) is 6.47. The lowest BCUT2D eigenvalue weighted by Gasteiger charge is -2.29. The van der Waals surface area contributed by atoms with Gasteiger partial charge in [-0.2, -0.15) is 0 Å². The molecule has 4 heteroatoms. The van der Waals surface area contributed by atoms with Gasteiger partial charge in [0, 0.05) is 6.54 Å². The van der Waals surface area contributed by atoms with Gasteiger partial charge in [-0.1, -0.05) is 25.1 Å². The minimum absolute atomic E-state index is 0.376. The second-order valence-corrected chi connectivity index (χ2v) is 4.81. The van der Waals surface area contributed by atoms with Crippen molar-refractivity contribution in [3.63, 3.8) is 0 Å². The molecule has 2 N–H and O–H groups in total. The first-order chi connectivity index (χ1) is 8.75. The van der Waals surface area contributed by atoms with Crippen molar-refractivity contribution >= 4 is 6.09 Å². The van der Waals surface area contributed by atoms with Crippen LogP contribution in [0.5, 0.6) is 5.75 Å². The quantitative estimate of drug-likeness (QED) is 0.860. The van der Waals surface area contributed by atoms with Crippen LogP contribution in [0.25, 0.3) is 0 Å². The predicted octanol–water partition coefficient (Wildman–Crippen LogP) is 2.02. The summed E-state index contributed by atoms with van der Waals surface area (Å²) < 4.78 is 5.17. The van der Waals surface area contributed by atoms with E-state index >= 15 is 0 Å². The molecule has 1 saturated heterocycles. The number of rotatable bonds is 3. The fraction of sp³-hybridized carbons (Fsp3) is 0.500. The van der Waals surface area contributed by atoms with Gasteiger partial charge in [-0.3, -0.25) is 0 Å². The SMILES string of the molecule is CC1CCNCC1CNC(=O)Oc1ccccc1. The first-order valence-electron chi connectivity index (χ1n) is 6.47. The number of carbonyl (C=O) groups excluding carboxylic acids is 1. The van der Waals surface area contributed by atoms with Crippen LogP contribution in [0, 0.1) is 11.8 Å². The van der Waals surface area contributed by atoms with Gasteiger partial charge in [0.2, 0.25) is 0 Å². The number of carbonyl (C=O) groups is 1. The molecular weight excluding hydrogens is 228 g/mol. The highest BCUT2D eigenvalue weighted by Crippen LogP contribution is 2.17. The molecule has 2 rings (SSSR count). The second kappa shape index (κ2) is 6.40. The van der Waals surface area contributed by atoms with Gasteiger partial charge in [0.15, 0.2) is 0 Å². The topological polar surface area (TPSA) is 50.4 Å². The summed E-state index contributed by atoms with van der Waals surface area (Å²) in [6.45, 7) is 4.94. The summed E-state index contributed by atoms with van der Waals surface area (Å²) in [7, 11) is 0. The summed E-state index contributed by atoms with van der Waals surface area (Å²) in [5.74, 6) is 1.70. The van der Waals surface area contributed by atoms with Crippen LogP contribution in [0.2, 0.25) is 0 Å². The largest absolute Gasteiger partial charge is 0.412 e. The summed E-state index contributed by atoms with van der Waals surface area (Å²) in [4.78, 5) is 11.6. The highest BCUT2D eigenvalue weighted by atomic mass is 16.5. The van der Waals surface area contributed by atoms with Crippen molar-refractivity contribution in [2.45, 2.75) is 13.3 Å². The third-order valence-electron chi connectivity index (χ3n) is 3.45. The summed E-state index contributed by atoms with van der Waals surface area (Å²) in [5, 5.41) is 6.18. The molecule has 1 aromatic rings. The molecule has 1 fully saturated rings. The van der Waals surface area contributed by atoms with E-state index in [0.717, 1.165) is 13.1 Å². The molecule has 0 bridgehead atoms. The number of hydrogen-bond donors (Lipinski definition) is 2. The third-order valence-corrected chi connectivity index (χ3v) is 3.45. The van der Waals surface area contributed by atoms with Crippen LogP contribution in [0.1, 0.15) is 13.3 Å². The highest BCUT2D eigenvalue weighted by Gasteiger charge is 2.21. The van der Waals surface area contributed by atoms with E-state index in [2.05, 4.69) is 17.6 Å². The van der Waals surface area contributed by atoms with Crippen LogP contribution < -0.4 is 15.4 Å². The Balaban J connectivity index is 1.74. The monoisotopic (exact) mass is 248 g/mol. The fourth-order valence-corrected chi connectivity index (χ4v) is 2.17. The van der Waals surface area contributed by atoms with E-state index < -0.39 is 0 Å². The lowest BCUT2D eigenvalue weighted by atomic mass is 9.88. The molecule has 0 aromatic heterocycles. The van der Waals surface area contributed by atoms with Crippen LogP contribution in [-0.4, -0.2) is 25.7 Å². The van der Waals surface area contributed by atoms with Gasteiger partial charge in [0.05, 0.1) is 0 Å². The molecule has 1 aliphatic heterocycles. The number of benzene rings is 1. The third kappa shape index (κ3) is 3.74. The molecule has 1 aliphatic rings. The van der Waals surface area contributed by atoms with Crippen LogP contribution in [0.3, 0.4) is 0 Å². The van der Waals surface area contributed by atoms with E-state index in [9.17, 15) is 4.79 Å². The molecular formula is C14H20N2O2. The Hall–Kier alpha value is -1.55. The van der Waals surface area contributed by atoms with E-state index in [1.165, 1.54) is 6.42 Å². The molecule has 0 saturated carbocycles. The zero-order valence-corrected chi connectivity index (χ0v) is 10.7. The molecule has 0 spiro atoms. The van der Waals surface area contributed by atoms with Crippen molar-refractivity contribution < 1.29 is 9.53 Å². The molecule has 1 amide bonds. The number of ether oxygens (including phenoxy) is 1. The minimum Gasteiger partial charge on any atom is -0.410 e. The van der Waals surface area contributed by atoms with Gasteiger partial charge in [-0.05, 0) is 43.5 Å². The number of hydrogen-bond acceptors (Lipinski definition) is 3. The van der Waals surface area contributed by atoms with Gasteiger partial charge in [-0.15, -0.1) is 0 Å². The normalized spacial score (nSPS) is 23.4. The van der Waals surface area contributed by atoms with Gasteiger partial charge in [0.25, 0.3) is 0 Å². The Morgan fingerprint density at radius 2 is 2.22 bits per heavy atom. The Morgan fingerprint density at radius 3 is 2.94 bits per heavy atom. The summed E-state index contributed by atoms with van der Waals surface area (Å²) >= 11 is 0. The first kappa shape index (κ1) is 12.9. The Morgan fingerprint density at radius 1 is 1.44 bits per heavy atom. The van der Waals surface area contributed by atoms with E-state index in [0.29, 0.717) is 24.1 Å². The maximum atomic E-state index is 11.6. The Labute approximate surface area is 108 Å². The van der Waals surface area contributed by atoms with Crippen molar-refractivity contribution in [3.8, 4) is 5.75 Å². The van der Waals surface area contributed by atoms with Crippen molar-refractivity contribution in [2.24, 2.45) is 11.8 Å². The average Bonchev–Trinajstić information content (AvgIpc) is 2.39. The summed E-state index contributed by atoms with van der Waals surface area (Å²) in [6.07, 6.45) is 0.791. The molecule has 2 atom stereocenters. The lowest BCUT2D eigenvalue weighted by molar-refractivity contribution is 0.192. The maximum absolute atomic E-state index is 11.6. The molecule has 2 unspecified atom stereocenters. The fourth-order valence-electron chi connectivity index (χ4n) is 2.17. The van der Waals surface area contributed by atoms with Crippen molar-refractivity contribution in [1.82, 2.24) is 10.6 Å². The van der Waals surface area contributed by atoms with E-state index in [1.807, 2.05) is 18.2 Å². The lowest BCUT2D eigenvalue weighted by Crippen LogP contribution is -2.42. The van der Waals surface area contributed by atoms with Crippen molar-refractivity contribution in [2.75, 3.05) is 19.6 Å². The number of nitrogens with one attached hydrogen (secondary N) is 2. The molecule has 0 radical (unpaired) electrons. The second-order valence-electron chi connectivity index (χ2n) is 4.81. The van der Waals surface area contributed by atoms with E-state index in [-0.39, 0.29) is 6.09 Å². The Kier molecular flexibility index (Phi) is 4.59. The smallest absolute Gasteiger partial charge is 0.410 e. The van der Waals surface area contributed by atoms with Gasteiger partial charge >= 0.3 is 6.09 Å². The van der Waals surface area contributed by atoms with Crippen LogP contribution in [0.15, 0.2) is 30.3 Å². The van der Waals surface area contributed by atoms with Crippen LogP contribution >= 0.6 is 0 Å². The zero-order valence-electron chi connectivity index (χ0n) is 10.7. The van der Waals surface area contributed by atoms with E-state index in [4.69, 9.17) is 4.74 Å². The molecule has 4 nitrogen and oxygen atoms in total. The maximum Gasteiger partial charge on any atom is 0.412 e. The van der Waals surface area contributed by atoms with Gasteiger partial charge < -0.3 is 15.4 Å². The highest BCUT2D eigenvalue weighted by molar-refractivity contribution is 5.70. The predicted molar refractivity (Wildman–Crippen MR) is 70.6 cm³/mol. The van der Waals surface area contributed by atoms with Crippen LogP contribution in [0.4, 0.5) is 4.79 Å². The van der Waals surface area contributed by atoms with Crippen molar-refractivity contribution in [3.05, 3.63) is 30.3 Å². The molecule has 0 aliphatic carbocycles. The number of piperidine rings is 1. The molecule has 1 aromatic carbocycles. The minimum atomic E-state index is -0.376. The van der Waals surface area contributed by atoms with E-state index in [1.54, 1.807) is 12.1 Å². The number of amides is 1. The van der Waals surface area contributed by atoms with Crippen LogP contribution in [-0.2, 0) is 0 Å². The summed E-state index contributed by atoms with van der Waals surface area (Å²) in [6, 6.07) is 9.11. The van der Waals surface area contributed by atoms with Gasteiger partial charge in [0.1, 0.15) is 5.75 Å². The Bertz CT molecular complexity index is 381. The zero-order chi connectivity index (χ0) is 12.8. The standard InChI is InChI=1S/C14H20N2O2/c1-11-7-8-15-9-12(11)10-16-14(17)18-13-5-3-2-4-6-13/h2-6,11-12,15H,7-10H2,1H3,(H,16,17). The average molecular weight is 248 g/mol. The van der Waals surface area contributed by atoms with Gasteiger partial charge in [-0.25, -0.2) is 4.79 Å². The molecule has 18 heavy (non-hydrogen) atoms.